The minimum absolute atomic E-state index is 0.0725. The molecule has 0 aromatic heterocycles. The maximum Gasteiger partial charge on any atom is 0.387 e. The number of nitrogens with one attached hydrogen (secondary N) is 1. The van der Waals surface area contributed by atoms with Gasteiger partial charge in [0.25, 0.3) is 0 Å². The van der Waals surface area contributed by atoms with Gasteiger partial charge in [-0.1, -0.05) is 12.1 Å². The second-order valence-corrected chi connectivity index (χ2v) is 5.33. The number of hydrogen-bond acceptors (Lipinski definition) is 4. The number of carbonyl (C=O) groups is 1. The Kier molecular flexibility index (Phi) is 5.68. The number of anilines is 1. The Bertz CT molecular complexity index is 513. The summed E-state index contributed by atoms with van der Waals surface area (Å²) in [4.78, 5) is 14.2. The largest absolute Gasteiger partial charge is 0.433 e. The minimum Gasteiger partial charge on any atom is -0.433 e. The lowest BCUT2D eigenvalue weighted by Crippen LogP contribution is -2.48. The first-order valence-electron chi connectivity index (χ1n) is 7.24. The summed E-state index contributed by atoms with van der Waals surface area (Å²) in [6.45, 7) is -0.0677. The van der Waals surface area contributed by atoms with Crippen molar-refractivity contribution in [2.24, 2.45) is 0 Å². The Labute approximate surface area is 127 Å². The van der Waals surface area contributed by atoms with E-state index in [1.807, 2.05) is 4.90 Å². The standard InChI is InChI=1S/C15H20F2N2O3/c1-10(19-8-4-5-11(20)9-19)14(21)18-12-6-2-3-7-13(12)22-15(16)17/h2-3,6-7,10-11,15,20H,4-5,8-9H2,1H3,(H,18,21). The number of aliphatic hydroxyl groups excluding tert-OH is 1. The van der Waals surface area contributed by atoms with E-state index < -0.39 is 18.8 Å². The zero-order chi connectivity index (χ0) is 16.1. The molecule has 0 spiro atoms. The molecule has 2 unspecified atom stereocenters. The molecule has 0 radical (unpaired) electrons. The number of benzene rings is 1. The maximum absolute atomic E-state index is 12.4. The first kappa shape index (κ1) is 16.6. The topological polar surface area (TPSA) is 61.8 Å². The molecule has 7 heteroatoms. The van der Waals surface area contributed by atoms with Crippen LogP contribution >= 0.6 is 0 Å². The van der Waals surface area contributed by atoms with Crippen LogP contribution in [0.25, 0.3) is 0 Å². The number of para-hydroxylation sites is 2. The number of likely N-dealkylation sites (tertiary alicyclic amines) is 1. The average Bonchev–Trinajstić information content (AvgIpc) is 2.48. The zero-order valence-corrected chi connectivity index (χ0v) is 12.3. The molecule has 1 aliphatic heterocycles. The van der Waals surface area contributed by atoms with Crippen LogP contribution in [-0.4, -0.2) is 47.8 Å². The third-order valence-electron chi connectivity index (χ3n) is 3.72. The third kappa shape index (κ3) is 4.38. The first-order chi connectivity index (χ1) is 10.5. The number of amides is 1. The van der Waals surface area contributed by atoms with E-state index in [0.717, 1.165) is 19.4 Å². The Morgan fingerprint density at radius 3 is 2.86 bits per heavy atom. The summed E-state index contributed by atoms with van der Waals surface area (Å²) in [7, 11) is 0. The molecular formula is C15H20F2N2O3. The molecule has 1 amide bonds. The predicted octanol–water partition coefficient (Wildman–Crippen LogP) is 2.07. The highest BCUT2D eigenvalue weighted by Gasteiger charge is 2.27. The highest BCUT2D eigenvalue weighted by Crippen LogP contribution is 2.26. The molecule has 2 N–H and O–H groups in total. The van der Waals surface area contributed by atoms with Gasteiger partial charge in [-0.15, -0.1) is 0 Å². The van der Waals surface area contributed by atoms with E-state index >= 15 is 0 Å². The van der Waals surface area contributed by atoms with E-state index in [4.69, 9.17) is 0 Å². The van der Waals surface area contributed by atoms with E-state index in [0.29, 0.717) is 6.54 Å². The number of aliphatic hydroxyl groups is 1. The van der Waals surface area contributed by atoms with Crippen molar-refractivity contribution in [3.8, 4) is 5.75 Å². The highest BCUT2D eigenvalue weighted by molar-refractivity contribution is 5.95. The zero-order valence-electron chi connectivity index (χ0n) is 12.3. The summed E-state index contributed by atoms with van der Waals surface area (Å²) in [6.07, 6.45) is 1.12. The van der Waals surface area contributed by atoms with Gasteiger partial charge in [-0.2, -0.15) is 8.78 Å². The van der Waals surface area contributed by atoms with Gasteiger partial charge in [0.2, 0.25) is 5.91 Å². The number of halogens is 2. The SMILES string of the molecule is CC(C(=O)Nc1ccccc1OC(F)F)N1CCCC(O)C1. The number of ether oxygens (including phenoxy) is 1. The van der Waals surface area contributed by atoms with Crippen molar-refractivity contribution >= 4 is 11.6 Å². The third-order valence-corrected chi connectivity index (χ3v) is 3.72. The molecule has 2 atom stereocenters. The van der Waals surface area contributed by atoms with Crippen LogP contribution in [0.5, 0.6) is 5.75 Å². The van der Waals surface area contributed by atoms with Crippen molar-refractivity contribution in [3.63, 3.8) is 0 Å². The molecule has 22 heavy (non-hydrogen) atoms. The Morgan fingerprint density at radius 2 is 2.18 bits per heavy atom. The monoisotopic (exact) mass is 314 g/mol. The predicted molar refractivity (Wildman–Crippen MR) is 78.0 cm³/mol. The van der Waals surface area contributed by atoms with Gasteiger partial charge in [-0.3, -0.25) is 9.69 Å². The number of alkyl halides is 2. The molecule has 1 aromatic carbocycles. The van der Waals surface area contributed by atoms with E-state index in [1.165, 1.54) is 12.1 Å². The fraction of sp³-hybridized carbons (Fsp3) is 0.533. The number of piperidine rings is 1. The normalized spacial score (nSPS) is 20.7. The number of rotatable bonds is 5. The number of hydrogen-bond donors (Lipinski definition) is 2. The van der Waals surface area contributed by atoms with E-state index in [-0.39, 0.29) is 17.3 Å². The second kappa shape index (κ2) is 7.51. The summed E-state index contributed by atoms with van der Waals surface area (Å²) >= 11 is 0. The van der Waals surface area contributed by atoms with Crippen LogP contribution in [0.4, 0.5) is 14.5 Å². The highest BCUT2D eigenvalue weighted by atomic mass is 19.3. The summed E-state index contributed by atoms with van der Waals surface area (Å²) in [5, 5.41) is 12.3. The number of β-amino-alcohol motifs (C(OH)–C–C–N with tert-alkyl or cyclic N) is 1. The molecule has 1 aliphatic rings. The first-order valence-corrected chi connectivity index (χ1v) is 7.24. The fourth-order valence-electron chi connectivity index (χ4n) is 2.51. The lowest BCUT2D eigenvalue weighted by molar-refractivity contribution is -0.121. The van der Waals surface area contributed by atoms with Gasteiger partial charge in [0.05, 0.1) is 17.8 Å². The van der Waals surface area contributed by atoms with Crippen LogP contribution in [-0.2, 0) is 4.79 Å². The molecule has 2 rings (SSSR count). The van der Waals surface area contributed by atoms with Gasteiger partial charge in [-0.05, 0) is 38.4 Å². The van der Waals surface area contributed by atoms with Crippen LogP contribution in [0.2, 0.25) is 0 Å². The molecule has 1 heterocycles. The van der Waals surface area contributed by atoms with Crippen LogP contribution in [0.1, 0.15) is 19.8 Å². The van der Waals surface area contributed by atoms with Gasteiger partial charge in [0, 0.05) is 6.54 Å². The van der Waals surface area contributed by atoms with Crippen molar-refractivity contribution in [3.05, 3.63) is 24.3 Å². The molecule has 0 saturated carbocycles. The van der Waals surface area contributed by atoms with Gasteiger partial charge >= 0.3 is 6.61 Å². The van der Waals surface area contributed by atoms with Crippen LogP contribution < -0.4 is 10.1 Å². The van der Waals surface area contributed by atoms with Gasteiger partial charge < -0.3 is 15.2 Å². The molecular weight excluding hydrogens is 294 g/mol. The molecule has 1 fully saturated rings. The Balaban J connectivity index is 2.02. The van der Waals surface area contributed by atoms with Crippen LogP contribution in [0.3, 0.4) is 0 Å². The van der Waals surface area contributed by atoms with E-state index in [1.54, 1.807) is 19.1 Å². The van der Waals surface area contributed by atoms with Crippen LogP contribution in [0, 0.1) is 0 Å². The van der Waals surface area contributed by atoms with Crippen molar-refractivity contribution in [1.82, 2.24) is 4.90 Å². The number of nitrogens with zero attached hydrogens (tertiary/aromatic N) is 1. The Morgan fingerprint density at radius 1 is 1.45 bits per heavy atom. The molecule has 5 nitrogen and oxygen atoms in total. The molecule has 1 aromatic rings. The lowest BCUT2D eigenvalue weighted by Gasteiger charge is -2.34. The van der Waals surface area contributed by atoms with Crippen molar-refractivity contribution in [2.75, 3.05) is 18.4 Å². The molecule has 0 aliphatic carbocycles. The second-order valence-electron chi connectivity index (χ2n) is 5.33. The van der Waals surface area contributed by atoms with Gasteiger partial charge in [0.1, 0.15) is 5.75 Å². The van der Waals surface area contributed by atoms with E-state index in [9.17, 15) is 18.7 Å². The summed E-state index contributed by atoms with van der Waals surface area (Å²) < 4.78 is 29.1. The molecule has 1 saturated heterocycles. The number of carbonyl (C=O) groups excluding carboxylic acids is 1. The van der Waals surface area contributed by atoms with Crippen LogP contribution in [0.15, 0.2) is 24.3 Å². The quantitative estimate of drug-likeness (QED) is 0.873. The summed E-state index contributed by atoms with van der Waals surface area (Å²) in [6, 6.07) is 5.60. The minimum atomic E-state index is -2.95. The Hall–Kier alpha value is -1.73. The lowest BCUT2D eigenvalue weighted by atomic mass is 10.1. The van der Waals surface area contributed by atoms with Crippen molar-refractivity contribution in [2.45, 2.75) is 38.5 Å². The molecule has 0 bridgehead atoms. The average molecular weight is 314 g/mol. The van der Waals surface area contributed by atoms with Gasteiger partial charge in [-0.25, -0.2) is 0 Å². The van der Waals surface area contributed by atoms with Crippen molar-refractivity contribution < 1.29 is 23.4 Å². The summed E-state index contributed by atoms with van der Waals surface area (Å²) in [5.74, 6) is -0.392. The maximum atomic E-state index is 12.4. The van der Waals surface area contributed by atoms with E-state index in [2.05, 4.69) is 10.1 Å². The molecule has 122 valence electrons. The summed E-state index contributed by atoms with van der Waals surface area (Å²) in [5.41, 5.74) is 0.206. The smallest absolute Gasteiger partial charge is 0.387 e. The van der Waals surface area contributed by atoms with Gasteiger partial charge in [0.15, 0.2) is 0 Å². The fourth-order valence-corrected chi connectivity index (χ4v) is 2.51. The van der Waals surface area contributed by atoms with Crippen molar-refractivity contribution in [1.29, 1.82) is 0 Å².